The number of hydrogen-bond acceptors (Lipinski definition) is 3. The second-order valence-electron chi connectivity index (χ2n) is 3.86. The molecule has 0 N–H and O–H groups in total. The number of halogens is 1. The fourth-order valence-electron chi connectivity index (χ4n) is 2.05. The molecule has 1 saturated carbocycles. The molecular weight excluding hydrogens is 186 g/mol. The van der Waals surface area contributed by atoms with E-state index in [0.717, 1.165) is 30.7 Å². The van der Waals surface area contributed by atoms with Crippen LogP contribution in [0, 0.1) is 11.8 Å². The van der Waals surface area contributed by atoms with E-state index < -0.39 is 0 Å². The Morgan fingerprint density at radius 1 is 1.23 bits per heavy atom. The van der Waals surface area contributed by atoms with Crippen molar-refractivity contribution < 1.29 is 0 Å². The van der Waals surface area contributed by atoms with Crippen LogP contribution in [0.1, 0.15) is 6.42 Å². The molecular formula is C9H10ClN3. The van der Waals surface area contributed by atoms with E-state index in [1.54, 1.807) is 12.4 Å². The van der Waals surface area contributed by atoms with Crippen molar-refractivity contribution in [3.05, 3.63) is 17.5 Å². The van der Waals surface area contributed by atoms with Crippen LogP contribution in [0.25, 0.3) is 0 Å². The Balaban J connectivity index is 1.81. The van der Waals surface area contributed by atoms with Crippen molar-refractivity contribution in [1.29, 1.82) is 0 Å². The van der Waals surface area contributed by atoms with Crippen LogP contribution < -0.4 is 4.90 Å². The van der Waals surface area contributed by atoms with E-state index in [9.17, 15) is 0 Å². The lowest BCUT2D eigenvalue weighted by molar-refractivity contribution is 0.801. The highest BCUT2D eigenvalue weighted by atomic mass is 35.5. The first kappa shape index (κ1) is 7.56. The van der Waals surface area contributed by atoms with Gasteiger partial charge < -0.3 is 4.90 Å². The third kappa shape index (κ3) is 1.27. The Hall–Kier alpha value is -0.830. The van der Waals surface area contributed by atoms with Crippen molar-refractivity contribution >= 4 is 17.4 Å². The third-order valence-electron chi connectivity index (χ3n) is 2.91. The van der Waals surface area contributed by atoms with Crippen LogP contribution in [0.3, 0.4) is 0 Å². The van der Waals surface area contributed by atoms with E-state index in [-0.39, 0.29) is 0 Å². The molecule has 3 rings (SSSR count). The Morgan fingerprint density at radius 3 is 2.62 bits per heavy atom. The Labute approximate surface area is 81.7 Å². The van der Waals surface area contributed by atoms with Crippen LogP contribution in [0.4, 0.5) is 5.82 Å². The topological polar surface area (TPSA) is 29.0 Å². The number of anilines is 1. The monoisotopic (exact) mass is 195 g/mol. The highest BCUT2D eigenvalue weighted by Crippen LogP contribution is 2.45. The molecule has 1 aliphatic carbocycles. The summed E-state index contributed by atoms with van der Waals surface area (Å²) in [5.41, 5.74) is 0. The summed E-state index contributed by atoms with van der Waals surface area (Å²) in [6.07, 6.45) is 4.78. The molecule has 68 valence electrons. The summed E-state index contributed by atoms with van der Waals surface area (Å²) in [7, 11) is 0. The summed E-state index contributed by atoms with van der Waals surface area (Å²) in [4.78, 5) is 10.6. The minimum atomic E-state index is 0.466. The summed E-state index contributed by atoms with van der Waals surface area (Å²) in [5, 5.41) is 0.466. The molecule has 0 amide bonds. The maximum absolute atomic E-state index is 5.66. The largest absolute Gasteiger partial charge is 0.355 e. The van der Waals surface area contributed by atoms with Crippen LogP contribution in [0.15, 0.2) is 12.4 Å². The minimum absolute atomic E-state index is 0.466. The number of aromatic nitrogens is 2. The number of piperidine rings is 1. The molecule has 13 heavy (non-hydrogen) atoms. The molecule has 2 fully saturated rings. The smallest absolute Gasteiger partial charge is 0.147 e. The van der Waals surface area contributed by atoms with E-state index in [2.05, 4.69) is 14.9 Å². The Kier molecular flexibility index (Phi) is 1.50. The number of nitrogens with zero attached hydrogens (tertiary/aromatic N) is 3. The summed E-state index contributed by atoms with van der Waals surface area (Å²) in [5.74, 6) is 2.83. The van der Waals surface area contributed by atoms with E-state index >= 15 is 0 Å². The van der Waals surface area contributed by atoms with Crippen molar-refractivity contribution in [2.75, 3.05) is 18.0 Å². The molecule has 4 heteroatoms. The lowest BCUT2D eigenvalue weighted by Crippen LogP contribution is -2.22. The lowest BCUT2D eigenvalue weighted by Gasteiger charge is -2.17. The summed E-state index contributed by atoms with van der Waals surface area (Å²) >= 11 is 5.66. The van der Waals surface area contributed by atoms with Gasteiger partial charge in [0.25, 0.3) is 0 Å². The van der Waals surface area contributed by atoms with Crippen molar-refractivity contribution in [2.45, 2.75) is 6.42 Å². The zero-order valence-electron chi connectivity index (χ0n) is 7.15. The second kappa shape index (κ2) is 2.58. The molecule has 2 atom stereocenters. The summed E-state index contributed by atoms with van der Waals surface area (Å²) in [6, 6.07) is 0. The van der Waals surface area contributed by atoms with Gasteiger partial charge in [-0.25, -0.2) is 9.97 Å². The molecule has 2 aliphatic rings. The van der Waals surface area contributed by atoms with Crippen molar-refractivity contribution in [3.8, 4) is 0 Å². The molecule has 0 radical (unpaired) electrons. The molecule has 3 nitrogen and oxygen atoms in total. The van der Waals surface area contributed by atoms with Crippen molar-refractivity contribution in [3.63, 3.8) is 0 Å². The highest BCUT2D eigenvalue weighted by Gasteiger charge is 2.45. The highest BCUT2D eigenvalue weighted by molar-refractivity contribution is 6.29. The average Bonchev–Trinajstić information content (AvgIpc) is 2.75. The van der Waals surface area contributed by atoms with Crippen LogP contribution in [0.5, 0.6) is 0 Å². The molecule has 0 bridgehead atoms. The molecule has 2 unspecified atom stereocenters. The predicted molar refractivity (Wildman–Crippen MR) is 50.9 cm³/mol. The van der Waals surface area contributed by atoms with E-state index in [1.165, 1.54) is 6.42 Å². The second-order valence-corrected chi connectivity index (χ2v) is 4.25. The van der Waals surface area contributed by atoms with Crippen LogP contribution in [-0.4, -0.2) is 23.1 Å². The quantitative estimate of drug-likeness (QED) is 0.682. The fraction of sp³-hybridized carbons (Fsp3) is 0.556. The standard InChI is InChI=1S/C9H10ClN3/c10-8-2-12-9(3-11-8)13-4-6-1-7(6)5-13/h2-3,6-7H,1,4-5H2. The van der Waals surface area contributed by atoms with E-state index in [1.807, 2.05) is 0 Å². The van der Waals surface area contributed by atoms with Gasteiger partial charge in [-0.2, -0.15) is 0 Å². The minimum Gasteiger partial charge on any atom is -0.355 e. The Morgan fingerprint density at radius 2 is 2.00 bits per heavy atom. The zero-order chi connectivity index (χ0) is 8.84. The SMILES string of the molecule is Clc1cnc(N2CC3CC3C2)cn1. The molecule has 2 heterocycles. The molecule has 0 spiro atoms. The molecule has 1 aromatic heterocycles. The fourth-order valence-corrected chi connectivity index (χ4v) is 2.15. The summed E-state index contributed by atoms with van der Waals surface area (Å²) in [6.45, 7) is 2.31. The molecule has 1 saturated heterocycles. The first-order valence-electron chi connectivity index (χ1n) is 4.55. The van der Waals surface area contributed by atoms with Gasteiger partial charge in [0.2, 0.25) is 0 Å². The summed E-state index contributed by atoms with van der Waals surface area (Å²) < 4.78 is 0. The van der Waals surface area contributed by atoms with E-state index in [4.69, 9.17) is 11.6 Å². The zero-order valence-corrected chi connectivity index (χ0v) is 7.91. The maximum atomic E-state index is 5.66. The van der Waals surface area contributed by atoms with Gasteiger partial charge in [-0.1, -0.05) is 11.6 Å². The molecule has 1 aliphatic heterocycles. The maximum Gasteiger partial charge on any atom is 0.147 e. The lowest BCUT2D eigenvalue weighted by atomic mass is 10.4. The normalized spacial score (nSPS) is 30.4. The van der Waals surface area contributed by atoms with Crippen molar-refractivity contribution in [2.24, 2.45) is 11.8 Å². The average molecular weight is 196 g/mol. The van der Waals surface area contributed by atoms with Gasteiger partial charge in [-0.3, -0.25) is 0 Å². The first-order valence-corrected chi connectivity index (χ1v) is 4.93. The van der Waals surface area contributed by atoms with Gasteiger partial charge in [0.1, 0.15) is 11.0 Å². The van der Waals surface area contributed by atoms with Gasteiger partial charge >= 0.3 is 0 Å². The van der Waals surface area contributed by atoms with Gasteiger partial charge in [0, 0.05) is 13.1 Å². The van der Waals surface area contributed by atoms with Gasteiger partial charge in [-0.15, -0.1) is 0 Å². The first-order chi connectivity index (χ1) is 6.33. The van der Waals surface area contributed by atoms with Crippen LogP contribution in [-0.2, 0) is 0 Å². The molecule has 1 aromatic rings. The Bertz CT molecular complexity index is 314. The van der Waals surface area contributed by atoms with Crippen molar-refractivity contribution in [1.82, 2.24) is 9.97 Å². The predicted octanol–water partition coefficient (Wildman–Crippen LogP) is 1.59. The van der Waals surface area contributed by atoms with Gasteiger partial charge in [0.15, 0.2) is 0 Å². The number of hydrogen-bond donors (Lipinski definition) is 0. The van der Waals surface area contributed by atoms with Crippen LogP contribution >= 0.6 is 11.6 Å². The van der Waals surface area contributed by atoms with Gasteiger partial charge in [-0.05, 0) is 18.3 Å². The number of rotatable bonds is 1. The molecule has 0 aromatic carbocycles. The van der Waals surface area contributed by atoms with Crippen LogP contribution in [0.2, 0.25) is 5.15 Å². The van der Waals surface area contributed by atoms with E-state index in [0.29, 0.717) is 5.15 Å². The number of fused-ring (bicyclic) bond motifs is 1. The third-order valence-corrected chi connectivity index (χ3v) is 3.10. The van der Waals surface area contributed by atoms with Gasteiger partial charge in [0.05, 0.1) is 12.4 Å².